The van der Waals surface area contributed by atoms with E-state index in [1.165, 1.54) is 24.0 Å². The number of anilines is 1. The summed E-state index contributed by atoms with van der Waals surface area (Å²) in [6.45, 7) is 6.71. The average molecular weight is 360 g/mol. The Morgan fingerprint density at radius 1 is 1.04 bits per heavy atom. The fraction of sp³-hybridized carbons (Fsp3) is 0.318. The molecule has 0 unspecified atom stereocenters. The molecule has 3 aromatic rings. The van der Waals surface area contributed by atoms with Crippen LogP contribution < -0.4 is 10.2 Å². The first-order chi connectivity index (χ1) is 13.1. The van der Waals surface area contributed by atoms with E-state index in [0.717, 1.165) is 35.4 Å². The minimum absolute atomic E-state index is 0.0775. The molecular weight excluding hydrogens is 336 g/mol. The summed E-state index contributed by atoms with van der Waals surface area (Å²) < 4.78 is 0. The summed E-state index contributed by atoms with van der Waals surface area (Å²) in [6, 6.07) is 11.9. The molecule has 138 valence electrons. The first-order valence-corrected chi connectivity index (χ1v) is 9.46. The van der Waals surface area contributed by atoms with Crippen molar-refractivity contribution in [3.8, 4) is 0 Å². The molecule has 5 heteroatoms. The van der Waals surface area contributed by atoms with E-state index in [0.29, 0.717) is 12.1 Å². The van der Waals surface area contributed by atoms with Gasteiger partial charge < -0.3 is 10.2 Å². The molecule has 2 heterocycles. The molecule has 0 radical (unpaired) electrons. The van der Waals surface area contributed by atoms with E-state index >= 15 is 0 Å². The van der Waals surface area contributed by atoms with Crippen molar-refractivity contribution >= 4 is 22.6 Å². The third kappa shape index (κ3) is 3.63. The maximum atomic E-state index is 12.7. The van der Waals surface area contributed by atoms with Gasteiger partial charge in [0.2, 0.25) is 0 Å². The number of hydrogen-bond donors (Lipinski definition) is 1. The van der Waals surface area contributed by atoms with Gasteiger partial charge in [-0.05, 0) is 61.6 Å². The van der Waals surface area contributed by atoms with Gasteiger partial charge in [-0.3, -0.25) is 4.79 Å². The topological polar surface area (TPSA) is 58.1 Å². The molecule has 1 aliphatic rings. The number of carbonyl (C=O) groups is 1. The van der Waals surface area contributed by atoms with Crippen LogP contribution in [0.1, 0.15) is 39.9 Å². The summed E-state index contributed by atoms with van der Waals surface area (Å²) in [5.41, 5.74) is 5.11. The Kier molecular flexibility index (Phi) is 4.75. The molecular formula is C22H24N4O. The first kappa shape index (κ1) is 17.5. The Hall–Kier alpha value is -2.95. The molecule has 0 bridgehead atoms. The van der Waals surface area contributed by atoms with E-state index in [4.69, 9.17) is 0 Å². The Morgan fingerprint density at radius 3 is 2.63 bits per heavy atom. The normalized spacial score (nSPS) is 13.9. The maximum Gasteiger partial charge on any atom is 0.251 e. The lowest BCUT2D eigenvalue weighted by molar-refractivity contribution is 0.0951. The van der Waals surface area contributed by atoms with Crippen LogP contribution in [0.25, 0.3) is 10.9 Å². The van der Waals surface area contributed by atoms with Crippen molar-refractivity contribution in [1.82, 2.24) is 15.3 Å². The number of amides is 1. The van der Waals surface area contributed by atoms with Crippen LogP contribution in [0.5, 0.6) is 0 Å². The zero-order valence-electron chi connectivity index (χ0n) is 15.8. The van der Waals surface area contributed by atoms with E-state index in [1.807, 2.05) is 18.2 Å². The lowest BCUT2D eigenvalue weighted by Crippen LogP contribution is -2.23. The van der Waals surface area contributed by atoms with E-state index in [9.17, 15) is 4.79 Å². The fourth-order valence-corrected chi connectivity index (χ4v) is 3.56. The number of fused-ring (bicyclic) bond motifs is 1. The lowest BCUT2D eigenvalue weighted by Gasteiger charge is -2.18. The van der Waals surface area contributed by atoms with Crippen LogP contribution in [0.15, 0.2) is 42.7 Å². The molecule has 0 aliphatic carbocycles. The predicted molar refractivity (Wildman–Crippen MR) is 108 cm³/mol. The third-order valence-corrected chi connectivity index (χ3v) is 5.31. The molecule has 4 rings (SSSR count). The minimum Gasteiger partial charge on any atom is -0.356 e. The molecule has 1 fully saturated rings. The van der Waals surface area contributed by atoms with E-state index in [1.54, 1.807) is 6.33 Å². The van der Waals surface area contributed by atoms with Gasteiger partial charge in [-0.2, -0.15) is 0 Å². The number of aryl methyl sites for hydroxylation is 2. The molecule has 1 saturated heterocycles. The summed E-state index contributed by atoms with van der Waals surface area (Å²) in [6.07, 6.45) is 3.97. The second-order valence-electron chi connectivity index (χ2n) is 7.22. The SMILES string of the molecule is Cc1ccc(CNC(=O)c2ccc3ncnc(N4CCCC4)c3c2)cc1C. The molecule has 0 atom stereocenters. The zero-order chi connectivity index (χ0) is 18.8. The number of hydrogen-bond acceptors (Lipinski definition) is 4. The molecule has 1 aromatic heterocycles. The zero-order valence-corrected chi connectivity index (χ0v) is 15.8. The van der Waals surface area contributed by atoms with Crippen molar-refractivity contribution in [2.24, 2.45) is 0 Å². The number of rotatable bonds is 4. The second kappa shape index (κ2) is 7.35. The summed E-state index contributed by atoms with van der Waals surface area (Å²) in [5.74, 6) is 0.854. The van der Waals surface area contributed by atoms with Crippen LogP contribution in [-0.4, -0.2) is 29.0 Å². The van der Waals surface area contributed by atoms with Gasteiger partial charge in [0.05, 0.1) is 5.52 Å². The molecule has 1 amide bonds. The van der Waals surface area contributed by atoms with Crippen molar-refractivity contribution < 1.29 is 4.79 Å². The summed E-state index contributed by atoms with van der Waals surface area (Å²) in [7, 11) is 0. The summed E-state index contributed by atoms with van der Waals surface area (Å²) >= 11 is 0. The molecule has 2 aromatic carbocycles. The van der Waals surface area contributed by atoms with Gasteiger partial charge >= 0.3 is 0 Å². The highest BCUT2D eigenvalue weighted by molar-refractivity contribution is 6.00. The Morgan fingerprint density at radius 2 is 1.85 bits per heavy atom. The van der Waals surface area contributed by atoms with Gasteiger partial charge in [-0.1, -0.05) is 18.2 Å². The first-order valence-electron chi connectivity index (χ1n) is 9.46. The van der Waals surface area contributed by atoms with E-state index < -0.39 is 0 Å². The van der Waals surface area contributed by atoms with Crippen LogP contribution in [-0.2, 0) is 6.54 Å². The van der Waals surface area contributed by atoms with Gasteiger partial charge in [-0.25, -0.2) is 9.97 Å². The average Bonchev–Trinajstić information content (AvgIpc) is 3.22. The quantitative estimate of drug-likeness (QED) is 0.769. The van der Waals surface area contributed by atoms with Gasteiger partial charge in [0, 0.05) is 30.6 Å². The smallest absolute Gasteiger partial charge is 0.251 e. The number of aromatic nitrogens is 2. The van der Waals surface area contributed by atoms with Crippen LogP contribution in [0.3, 0.4) is 0 Å². The lowest BCUT2D eigenvalue weighted by atomic mass is 10.1. The van der Waals surface area contributed by atoms with Crippen LogP contribution in [0.4, 0.5) is 5.82 Å². The molecule has 5 nitrogen and oxygen atoms in total. The number of nitrogens with one attached hydrogen (secondary N) is 1. The molecule has 27 heavy (non-hydrogen) atoms. The summed E-state index contributed by atoms with van der Waals surface area (Å²) in [4.78, 5) is 23.8. The molecule has 1 N–H and O–H groups in total. The third-order valence-electron chi connectivity index (χ3n) is 5.31. The predicted octanol–water partition coefficient (Wildman–Crippen LogP) is 3.78. The van der Waals surface area contributed by atoms with Crippen molar-refractivity contribution in [3.05, 3.63) is 65.0 Å². The van der Waals surface area contributed by atoms with Crippen molar-refractivity contribution in [2.75, 3.05) is 18.0 Å². The monoisotopic (exact) mass is 360 g/mol. The van der Waals surface area contributed by atoms with Gasteiger partial charge in [0.1, 0.15) is 12.1 Å². The largest absolute Gasteiger partial charge is 0.356 e. The highest BCUT2D eigenvalue weighted by atomic mass is 16.1. The number of benzene rings is 2. The highest BCUT2D eigenvalue weighted by Crippen LogP contribution is 2.26. The molecule has 0 saturated carbocycles. The second-order valence-corrected chi connectivity index (χ2v) is 7.22. The Labute approximate surface area is 159 Å². The van der Waals surface area contributed by atoms with Gasteiger partial charge in [-0.15, -0.1) is 0 Å². The minimum atomic E-state index is -0.0775. The van der Waals surface area contributed by atoms with Gasteiger partial charge in [0.25, 0.3) is 5.91 Å². The molecule has 0 spiro atoms. The highest BCUT2D eigenvalue weighted by Gasteiger charge is 2.17. The van der Waals surface area contributed by atoms with Crippen molar-refractivity contribution in [1.29, 1.82) is 0 Å². The van der Waals surface area contributed by atoms with E-state index in [-0.39, 0.29) is 5.91 Å². The number of nitrogens with zero attached hydrogens (tertiary/aromatic N) is 3. The fourth-order valence-electron chi connectivity index (χ4n) is 3.56. The Balaban J connectivity index is 1.56. The van der Waals surface area contributed by atoms with E-state index in [2.05, 4.69) is 52.2 Å². The van der Waals surface area contributed by atoms with Gasteiger partial charge in [0.15, 0.2) is 0 Å². The van der Waals surface area contributed by atoms with Crippen LogP contribution in [0, 0.1) is 13.8 Å². The Bertz CT molecular complexity index is 993. The molecule has 1 aliphatic heterocycles. The number of carbonyl (C=O) groups excluding carboxylic acids is 1. The van der Waals surface area contributed by atoms with Crippen LogP contribution >= 0.6 is 0 Å². The van der Waals surface area contributed by atoms with Crippen LogP contribution in [0.2, 0.25) is 0 Å². The standard InChI is InChI=1S/C22H24N4O/c1-15-5-6-17(11-16(15)2)13-23-22(27)18-7-8-20-19(12-18)21(25-14-24-20)26-9-3-4-10-26/h5-8,11-12,14H,3-4,9-10,13H2,1-2H3,(H,23,27). The van der Waals surface area contributed by atoms with Crippen molar-refractivity contribution in [2.45, 2.75) is 33.2 Å². The maximum absolute atomic E-state index is 12.7. The summed E-state index contributed by atoms with van der Waals surface area (Å²) in [5, 5.41) is 3.97. The van der Waals surface area contributed by atoms with Crippen molar-refractivity contribution in [3.63, 3.8) is 0 Å².